The fourth-order valence-corrected chi connectivity index (χ4v) is 2.97. The quantitative estimate of drug-likeness (QED) is 0.904. The van der Waals surface area contributed by atoms with E-state index in [1.165, 1.54) is 24.3 Å². The summed E-state index contributed by atoms with van der Waals surface area (Å²) in [6.45, 7) is 0.0521. The Bertz CT molecular complexity index is 782. The molecule has 0 heterocycles. The second kappa shape index (κ2) is 5.97. The van der Waals surface area contributed by atoms with E-state index in [9.17, 15) is 17.2 Å². The van der Waals surface area contributed by atoms with Crippen LogP contribution in [0.1, 0.15) is 5.56 Å². The molecule has 2 aromatic rings. The molecule has 0 fully saturated rings. The van der Waals surface area contributed by atoms with E-state index >= 15 is 0 Å². The van der Waals surface area contributed by atoms with Crippen LogP contribution in [0.2, 0.25) is 5.02 Å². The highest BCUT2D eigenvalue weighted by Crippen LogP contribution is 2.24. The summed E-state index contributed by atoms with van der Waals surface area (Å²) in [5, 5.41) is 0.327. The molecule has 0 saturated heterocycles. The van der Waals surface area contributed by atoms with Crippen LogP contribution in [0.15, 0.2) is 41.3 Å². The van der Waals surface area contributed by atoms with Crippen LogP contribution in [0, 0.1) is 11.6 Å². The molecule has 21 heavy (non-hydrogen) atoms. The van der Waals surface area contributed by atoms with E-state index in [0.29, 0.717) is 10.6 Å². The number of hydrogen-bond acceptors (Lipinski definition) is 3. The van der Waals surface area contributed by atoms with Crippen LogP contribution in [0.4, 0.5) is 14.5 Å². The molecular weight excluding hydrogens is 322 g/mol. The summed E-state index contributed by atoms with van der Waals surface area (Å²) in [6, 6.07) is 7.12. The van der Waals surface area contributed by atoms with Gasteiger partial charge in [0.05, 0.1) is 10.6 Å². The van der Waals surface area contributed by atoms with Crippen LogP contribution in [-0.2, 0) is 16.6 Å². The zero-order valence-corrected chi connectivity index (χ0v) is 12.2. The van der Waals surface area contributed by atoms with Crippen molar-refractivity contribution in [3.05, 3.63) is 58.6 Å². The Balaban J connectivity index is 2.41. The Kier molecular flexibility index (Phi) is 4.46. The van der Waals surface area contributed by atoms with Gasteiger partial charge >= 0.3 is 0 Å². The average molecular weight is 333 g/mol. The highest BCUT2D eigenvalue weighted by Gasteiger charge is 2.18. The standard InChI is InChI=1S/C13H11ClF2N2O2S/c14-10-5-4-9(6-8(10)7-17)21(19,20)18-12-3-1-2-11(15)13(12)16/h1-6,18H,7,17H2. The fraction of sp³-hybridized carbons (Fsp3) is 0.0769. The van der Waals surface area contributed by atoms with E-state index in [1.807, 2.05) is 4.72 Å². The van der Waals surface area contributed by atoms with Crippen LogP contribution >= 0.6 is 11.6 Å². The Labute approximate surface area is 125 Å². The van der Waals surface area contributed by atoms with Gasteiger partial charge < -0.3 is 5.73 Å². The molecule has 0 aliphatic rings. The van der Waals surface area contributed by atoms with Crippen LogP contribution in [0.3, 0.4) is 0 Å². The molecule has 3 N–H and O–H groups in total. The topological polar surface area (TPSA) is 72.2 Å². The smallest absolute Gasteiger partial charge is 0.261 e. The molecular formula is C13H11ClF2N2O2S. The monoisotopic (exact) mass is 332 g/mol. The summed E-state index contributed by atoms with van der Waals surface area (Å²) >= 11 is 5.85. The summed E-state index contributed by atoms with van der Waals surface area (Å²) in [5.41, 5.74) is 5.41. The van der Waals surface area contributed by atoms with Gasteiger partial charge in [0.25, 0.3) is 10.0 Å². The highest BCUT2D eigenvalue weighted by atomic mass is 35.5. The largest absolute Gasteiger partial charge is 0.326 e. The molecule has 0 aliphatic heterocycles. The van der Waals surface area contributed by atoms with Gasteiger partial charge in [0.2, 0.25) is 0 Å². The molecule has 4 nitrogen and oxygen atoms in total. The van der Waals surface area contributed by atoms with Crippen molar-refractivity contribution in [3.8, 4) is 0 Å². The van der Waals surface area contributed by atoms with Gasteiger partial charge in [-0.1, -0.05) is 17.7 Å². The number of hydrogen-bond donors (Lipinski definition) is 2. The van der Waals surface area contributed by atoms with Gasteiger partial charge in [-0.15, -0.1) is 0 Å². The second-order valence-corrected chi connectivity index (χ2v) is 6.25. The third kappa shape index (κ3) is 3.31. The van der Waals surface area contributed by atoms with Crippen molar-refractivity contribution >= 4 is 27.3 Å². The van der Waals surface area contributed by atoms with Crippen LogP contribution in [-0.4, -0.2) is 8.42 Å². The minimum atomic E-state index is -4.07. The maximum Gasteiger partial charge on any atom is 0.261 e. The normalized spacial score (nSPS) is 11.4. The summed E-state index contributed by atoms with van der Waals surface area (Å²) < 4.78 is 52.9. The van der Waals surface area contributed by atoms with E-state index in [2.05, 4.69) is 0 Å². The van der Waals surface area contributed by atoms with Crippen molar-refractivity contribution < 1.29 is 17.2 Å². The molecule has 2 aromatic carbocycles. The van der Waals surface area contributed by atoms with Gasteiger partial charge in [-0.05, 0) is 35.9 Å². The number of nitrogens with one attached hydrogen (secondary N) is 1. The number of sulfonamides is 1. The minimum absolute atomic E-state index is 0.0521. The lowest BCUT2D eigenvalue weighted by atomic mass is 10.2. The maximum absolute atomic E-state index is 13.5. The SMILES string of the molecule is NCc1cc(S(=O)(=O)Nc2cccc(F)c2F)ccc1Cl. The second-order valence-electron chi connectivity index (χ2n) is 4.16. The predicted molar refractivity (Wildman–Crippen MR) is 76.5 cm³/mol. The Hall–Kier alpha value is -1.70. The van der Waals surface area contributed by atoms with Gasteiger partial charge in [-0.3, -0.25) is 4.72 Å². The zero-order chi connectivity index (χ0) is 15.6. The van der Waals surface area contributed by atoms with Crippen molar-refractivity contribution in [2.24, 2.45) is 5.73 Å². The molecule has 112 valence electrons. The molecule has 0 bridgehead atoms. The van der Waals surface area contributed by atoms with E-state index in [-0.39, 0.29) is 11.4 Å². The van der Waals surface area contributed by atoms with E-state index in [0.717, 1.165) is 12.1 Å². The van der Waals surface area contributed by atoms with Crippen molar-refractivity contribution in [2.45, 2.75) is 11.4 Å². The molecule has 0 aliphatic carbocycles. The number of benzene rings is 2. The molecule has 0 saturated carbocycles. The summed E-state index contributed by atoms with van der Waals surface area (Å²) in [4.78, 5) is -0.143. The van der Waals surface area contributed by atoms with Gasteiger partial charge in [-0.25, -0.2) is 17.2 Å². The first-order valence-corrected chi connectivity index (χ1v) is 7.66. The molecule has 0 spiro atoms. The van der Waals surface area contributed by atoms with Crippen molar-refractivity contribution in [1.82, 2.24) is 0 Å². The fourth-order valence-electron chi connectivity index (χ4n) is 1.66. The lowest BCUT2D eigenvalue weighted by Crippen LogP contribution is -2.15. The summed E-state index contributed by atoms with van der Waals surface area (Å²) in [5.74, 6) is -2.41. The van der Waals surface area contributed by atoms with Crippen LogP contribution in [0.5, 0.6) is 0 Å². The van der Waals surface area contributed by atoms with Crippen molar-refractivity contribution in [2.75, 3.05) is 4.72 Å². The van der Waals surface area contributed by atoms with Crippen molar-refractivity contribution in [3.63, 3.8) is 0 Å². The predicted octanol–water partition coefficient (Wildman–Crippen LogP) is 2.88. The molecule has 8 heteroatoms. The van der Waals surface area contributed by atoms with E-state index in [1.54, 1.807) is 0 Å². The van der Waals surface area contributed by atoms with E-state index < -0.39 is 27.3 Å². The lowest BCUT2D eigenvalue weighted by Gasteiger charge is -2.10. The molecule has 0 radical (unpaired) electrons. The Morgan fingerprint density at radius 3 is 2.57 bits per heavy atom. The van der Waals surface area contributed by atoms with Crippen LogP contribution in [0.25, 0.3) is 0 Å². The van der Waals surface area contributed by atoms with Gasteiger partial charge in [-0.2, -0.15) is 0 Å². The maximum atomic E-state index is 13.5. The third-order valence-electron chi connectivity index (χ3n) is 2.74. The van der Waals surface area contributed by atoms with Crippen molar-refractivity contribution in [1.29, 1.82) is 0 Å². The minimum Gasteiger partial charge on any atom is -0.326 e. The highest BCUT2D eigenvalue weighted by molar-refractivity contribution is 7.92. The van der Waals surface area contributed by atoms with Crippen LogP contribution < -0.4 is 10.5 Å². The van der Waals surface area contributed by atoms with E-state index in [4.69, 9.17) is 17.3 Å². The zero-order valence-electron chi connectivity index (χ0n) is 10.6. The summed E-state index contributed by atoms with van der Waals surface area (Å²) in [7, 11) is -4.07. The molecule has 0 atom stereocenters. The average Bonchev–Trinajstić information content (AvgIpc) is 2.44. The van der Waals surface area contributed by atoms with Gasteiger partial charge in [0, 0.05) is 11.6 Å². The first-order valence-electron chi connectivity index (χ1n) is 5.80. The van der Waals surface area contributed by atoms with Gasteiger partial charge in [0.1, 0.15) is 0 Å². The van der Waals surface area contributed by atoms with Gasteiger partial charge in [0.15, 0.2) is 11.6 Å². The molecule has 0 unspecified atom stereocenters. The Morgan fingerprint density at radius 2 is 1.90 bits per heavy atom. The number of halogens is 3. The number of nitrogens with two attached hydrogens (primary N) is 1. The first-order chi connectivity index (χ1) is 9.85. The Morgan fingerprint density at radius 1 is 1.19 bits per heavy atom. The number of anilines is 1. The third-order valence-corrected chi connectivity index (χ3v) is 4.48. The first kappa shape index (κ1) is 15.7. The molecule has 2 rings (SSSR count). The lowest BCUT2D eigenvalue weighted by molar-refractivity contribution is 0.511. The number of rotatable bonds is 4. The molecule has 0 aromatic heterocycles. The summed E-state index contributed by atoms with van der Waals surface area (Å²) in [6.07, 6.45) is 0. The molecule has 0 amide bonds.